The van der Waals surface area contributed by atoms with Gasteiger partial charge >= 0.3 is 0 Å². The van der Waals surface area contributed by atoms with Gasteiger partial charge in [0.15, 0.2) is 0 Å². The molecular formula is C13H27NO. The first-order chi connectivity index (χ1) is 7.15. The number of ether oxygens (including phenoxy) is 1. The van der Waals surface area contributed by atoms with Crippen molar-refractivity contribution in [2.45, 2.75) is 65.0 Å². The van der Waals surface area contributed by atoms with Crippen molar-refractivity contribution in [3.8, 4) is 0 Å². The van der Waals surface area contributed by atoms with Crippen molar-refractivity contribution < 1.29 is 4.74 Å². The van der Waals surface area contributed by atoms with Crippen LogP contribution in [-0.4, -0.2) is 18.8 Å². The average molecular weight is 213 g/mol. The summed E-state index contributed by atoms with van der Waals surface area (Å²) in [5.41, 5.74) is 6.07. The van der Waals surface area contributed by atoms with Gasteiger partial charge in [0.1, 0.15) is 0 Å². The van der Waals surface area contributed by atoms with E-state index in [2.05, 4.69) is 20.8 Å². The second kappa shape index (κ2) is 6.49. The summed E-state index contributed by atoms with van der Waals surface area (Å²) in [6.07, 6.45) is 6.86. The van der Waals surface area contributed by atoms with E-state index in [-0.39, 0.29) is 6.04 Å². The maximum absolute atomic E-state index is 6.07. The molecule has 1 saturated carbocycles. The van der Waals surface area contributed by atoms with Crippen LogP contribution in [0, 0.1) is 11.8 Å². The van der Waals surface area contributed by atoms with Crippen LogP contribution in [0.15, 0.2) is 0 Å². The van der Waals surface area contributed by atoms with Crippen molar-refractivity contribution in [2.75, 3.05) is 6.61 Å². The monoisotopic (exact) mass is 213 g/mol. The Morgan fingerprint density at radius 1 is 1.33 bits per heavy atom. The molecule has 2 heteroatoms. The van der Waals surface area contributed by atoms with Crippen molar-refractivity contribution in [3.05, 3.63) is 0 Å². The minimum atomic E-state index is 0.212. The number of hydrogen-bond acceptors (Lipinski definition) is 2. The summed E-state index contributed by atoms with van der Waals surface area (Å²) in [6, 6.07) is 0.212. The Bertz CT molecular complexity index is 172. The van der Waals surface area contributed by atoms with Crippen LogP contribution in [0.1, 0.15) is 52.9 Å². The fourth-order valence-corrected chi connectivity index (χ4v) is 2.23. The molecule has 2 nitrogen and oxygen atoms in total. The molecule has 1 rings (SSSR count). The highest BCUT2D eigenvalue weighted by Gasteiger charge is 2.23. The standard InChI is InChI=1S/C13H27NO/c1-4-10(2)12(14)9-15-13-8-6-5-7-11(13)3/h10-13H,4-9,14H2,1-3H3. The van der Waals surface area contributed by atoms with Gasteiger partial charge in [0, 0.05) is 6.04 Å². The van der Waals surface area contributed by atoms with Crippen molar-refractivity contribution >= 4 is 0 Å². The SMILES string of the molecule is CCC(C)C(N)COC1CCCCC1C. The lowest BCUT2D eigenvalue weighted by Gasteiger charge is -2.30. The van der Waals surface area contributed by atoms with Gasteiger partial charge < -0.3 is 10.5 Å². The highest BCUT2D eigenvalue weighted by Crippen LogP contribution is 2.26. The molecular weight excluding hydrogens is 186 g/mol. The van der Waals surface area contributed by atoms with E-state index in [4.69, 9.17) is 10.5 Å². The van der Waals surface area contributed by atoms with Crippen LogP contribution >= 0.6 is 0 Å². The van der Waals surface area contributed by atoms with Crippen LogP contribution in [0.3, 0.4) is 0 Å². The zero-order chi connectivity index (χ0) is 11.3. The highest BCUT2D eigenvalue weighted by molar-refractivity contribution is 4.74. The number of rotatable bonds is 5. The lowest BCUT2D eigenvalue weighted by molar-refractivity contribution is -0.0162. The Hall–Kier alpha value is -0.0800. The first kappa shape index (κ1) is 13.0. The number of nitrogens with two attached hydrogens (primary N) is 1. The molecule has 0 aromatic heterocycles. The maximum atomic E-state index is 6.07. The van der Waals surface area contributed by atoms with Gasteiger partial charge in [0.2, 0.25) is 0 Å². The van der Waals surface area contributed by atoms with Crippen LogP contribution in [0.4, 0.5) is 0 Å². The third kappa shape index (κ3) is 4.12. The average Bonchev–Trinajstić information content (AvgIpc) is 2.26. The molecule has 0 amide bonds. The molecule has 0 spiro atoms. The van der Waals surface area contributed by atoms with E-state index in [9.17, 15) is 0 Å². The summed E-state index contributed by atoms with van der Waals surface area (Å²) in [6.45, 7) is 7.44. The minimum Gasteiger partial charge on any atom is -0.376 e. The molecule has 90 valence electrons. The van der Waals surface area contributed by atoms with Gasteiger partial charge in [0.05, 0.1) is 12.7 Å². The van der Waals surface area contributed by atoms with Gasteiger partial charge in [-0.2, -0.15) is 0 Å². The minimum absolute atomic E-state index is 0.212. The van der Waals surface area contributed by atoms with Gasteiger partial charge in [0.25, 0.3) is 0 Å². The lowest BCUT2D eigenvalue weighted by atomic mass is 9.88. The van der Waals surface area contributed by atoms with Crippen LogP contribution in [0.2, 0.25) is 0 Å². The molecule has 0 bridgehead atoms. The molecule has 0 heterocycles. The van der Waals surface area contributed by atoms with Crippen molar-refractivity contribution in [2.24, 2.45) is 17.6 Å². The molecule has 0 radical (unpaired) electrons. The first-order valence-corrected chi connectivity index (χ1v) is 6.52. The molecule has 2 N–H and O–H groups in total. The largest absolute Gasteiger partial charge is 0.376 e. The predicted octanol–water partition coefficient (Wildman–Crippen LogP) is 2.96. The molecule has 15 heavy (non-hydrogen) atoms. The molecule has 1 aliphatic carbocycles. The van der Waals surface area contributed by atoms with Crippen LogP contribution in [0.25, 0.3) is 0 Å². The van der Waals surface area contributed by atoms with Crippen LogP contribution in [0.5, 0.6) is 0 Å². The van der Waals surface area contributed by atoms with Crippen molar-refractivity contribution in [1.82, 2.24) is 0 Å². The van der Waals surface area contributed by atoms with Crippen LogP contribution < -0.4 is 5.73 Å². The molecule has 1 fully saturated rings. The summed E-state index contributed by atoms with van der Waals surface area (Å²) in [4.78, 5) is 0. The van der Waals surface area contributed by atoms with E-state index in [1.165, 1.54) is 25.7 Å². The van der Waals surface area contributed by atoms with Gasteiger partial charge in [-0.05, 0) is 24.7 Å². The predicted molar refractivity (Wildman–Crippen MR) is 64.8 cm³/mol. The Balaban J connectivity index is 2.23. The van der Waals surface area contributed by atoms with Gasteiger partial charge in [-0.3, -0.25) is 0 Å². The normalized spacial score (nSPS) is 31.2. The molecule has 0 saturated heterocycles. The smallest absolute Gasteiger partial charge is 0.0624 e. The first-order valence-electron chi connectivity index (χ1n) is 6.52. The molecule has 0 aromatic carbocycles. The molecule has 4 unspecified atom stereocenters. The van der Waals surface area contributed by atoms with E-state index >= 15 is 0 Å². The number of hydrogen-bond donors (Lipinski definition) is 1. The maximum Gasteiger partial charge on any atom is 0.0624 e. The molecule has 1 aliphatic rings. The summed E-state index contributed by atoms with van der Waals surface area (Å²) in [5.74, 6) is 1.30. The fourth-order valence-electron chi connectivity index (χ4n) is 2.23. The Morgan fingerprint density at radius 2 is 2.00 bits per heavy atom. The molecule has 0 aromatic rings. The Labute approximate surface area is 94.6 Å². The highest BCUT2D eigenvalue weighted by atomic mass is 16.5. The topological polar surface area (TPSA) is 35.2 Å². The molecule has 4 atom stereocenters. The van der Waals surface area contributed by atoms with Crippen molar-refractivity contribution in [3.63, 3.8) is 0 Å². The zero-order valence-electron chi connectivity index (χ0n) is 10.5. The van der Waals surface area contributed by atoms with E-state index in [0.717, 1.165) is 18.9 Å². The quantitative estimate of drug-likeness (QED) is 0.762. The van der Waals surface area contributed by atoms with Gasteiger partial charge in [-0.1, -0.05) is 40.0 Å². The van der Waals surface area contributed by atoms with Gasteiger partial charge in [-0.15, -0.1) is 0 Å². The van der Waals surface area contributed by atoms with E-state index in [1.807, 2.05) is 0 Å². The second-order valence-electron chi connectivity index (χ2n) is 5.18. The third-order valence-corrected chi connectivity index (χ3v) is 3.91. The third-order valence-electron chi connectivity index (χ3n) is 3.91. The van der Waals surface area contributed by atoms with E-state index in [1.54, 1.807) is 0 Å². The molecule has 0 aliphatic heterocycles. The van der Waals surface area contributed by atoms with E-state index < -0.39 is 0 Å². The van der Waals surface area contributed by atoms with Crippen molar-refractivity contribution in [1.29, 1.82) is 0 Å². The zero-order valence-corrected chi connectivity index (χ0v) is 10.5. The Kier molecular flexibility index (Phi) is 5.62. The summed E-state index contributed by atoms with van der Waals surface area (Å²) < 4.78 is 5.95. The second-order valence-corrected chi connectivity index (χ2v) is 5.18. The lowest BCUT2D eigenvalue weighted by Crippen LogP contribution is -2.36. The van der Waals surface area contributed by atoms with E-state index in [0.29, 0.717) is 12.0 Å². The summed E-state index contributed by atoms with van der Waals surface area (Å²) in [7, 11) is 0. The van der Waals surface area contributed by atoms with Crippen LogP contribution in [-0.2, 0) is 4.74 Å². The summed E-state index contributed by atoms with van der Waals surface area (Å²) >= 11 is 0. The van der Waals surface area contributed by atoms with Gasteiger partial charge in [-0.25, -0.2) is 0 Å². The Morgan fingerprint density at radius 3 is 2.60 bits per heavy atom. The summed E-state index contributed by atoms with van der Waals surface area (Å²) in [5, 5.41) is 0. The fraction of sp³-hybridized carbons (Fsp3) is 1.00.